The summed E-state index contributed by atoms with van der Waals surface area (Å²) in [5, 5.41) is 0. The lowest BCUT2D eigenvalue weighted by atomic mass is 10.0. The highest BCUT2D eigenvalue weighted by Gasteiger charge is 2.00. The molecule has 0 spiro atoms. The fraction of sp³-hybridized carbons (Fsp3) is 1.00. The first kappa shape index (κ1) is 38.0. The van der Waals surface area contributed by atoms with Gasteiger partial charge < -0.3 is 4.90 Å². The highest BCUT2D eigenvalue weighted by atomic mass is 15.1. The van der Waals surface area contributed by atoms with E-state index in [1.165, 1.54) is 219 Å². The zero-order chi connectivity index (χ0) is 27.6. The Morgan fingerprint density at radius 3 is 0.579 bits per heavy atom. The summed E-state index contributed by atoms with van der Waals surface area (Å²) in [5.41, 5.74) is 0. The second-order valence-corrected chi connectivity index (χ2v) is 12.9. The van der Waals surface area contributed by atoms with Crippen LogP contribution in [0.5, 0.6) is 0 Å². The molecule has 0 rings (SSSR count). The topological polar surface area (TPSA) is 3.24 Å². The summed E-state index contributed by atoms with van der Waals surface area (Å²) >= 11 is 0. The maximum atomic E-state index is 2.59. The standard InChI is InChI=1S/C37H77N/c1-4-6-8-10-12-14-16-18-19-20-21-22-23-24-25-27-29-31-33-35-37-38(3)36-34-32-30-28-26-17-15-13-11-9-7-5-2/h4-37H2,1-3H3. The van der Waals surface area contributed by atoms with Crippen molar-refractivity contribution >= 4 is 0 Å². The van der Waals surface area contributed by atoms with Crippen LogP contribution in [0.1, 0.15) is 219 Å². The van der Waals surface area contributed by atoms with Gasteiger partial charge in [-0.3, -0.25) is 0 Å². The van der Waals surface area contributed by atoms with E-state index in [0.717, 1.165) is 0 Å². The van der Waals surface area contributed by atoms with Gasteiger partial charge in [0.05, 0.1) is 0 Å². The molecule has 230 valence electrons. The van der Waals surface area contributed by atoms with Gasteiger partial charge in [-0.2, -0.15) is 0 Å². The molecule has 0 aliphatic rings. The molecule has 0 heterocycles. The molecular weight excluding hydrogens is 458 g/mol. The molecule has 0 aromatic heterocycles. The summed E-state index contributed by atoms with van der Waals surface area (Å²) in [4.78, 5) is 2.59. The van der Waals surface area contributed by atoms with Crippen molar-refractivity contribution in [2.24, 2.45) is 0 Å². The van der Waals surface area contributed by atoms with Crippen LogP contribution in [0, 0.1) is 0 Å². The molecule has 0 aliphatic carbocycles. The molecule has 0 N–H and O–H groups in total. The summed E-state index contributed by atoms with van der Waals surface area (Å²) in [6, 6.07) is 0. The van der Waals surface area contributed by atoms with Crippen LogP contribution in [-0.4, -0.2) is 25.0 Å². The number of hydrogen-bond donors (Lipinski definition) is 0. The minimum atomic E-state index is 1.32. The Labute approximate surface area is 244 Å². The van der Waals surface area contributed by atoms with Crippen molar-refractivity contribution in [1.82, 2.24) is 4.90 Å². The van der Waals surface area contributed by atoms with Gasteiger partial charge in [-0.15, -0.1) is 0 Å². The van der Waals surface area contributed by atoms with Crippen molar-refractivity contribution < 1.29 is 0 Å². The highest BCUT2D eigenvalue weighted by molar-refractivity contribution is 4.55. The third kappa shape index (κ3) is 34.0. The smallest absolute Gasteiger partial charge is 0.00218 e. The van der Waals surface area contributed by atoms with Crippen molar-refractivity contribution in [1.29, 1.82) is 0 Å². The Kier molecular flexibility index (Phi) is 35.0. The first-order chi connectivity index (χ1) is 18.8. The Bertz CT molecular complexity index is 392. The average molecular weight is 536 g/mol. The van der Waals surface area contributed by atoms with E-state index >= 15 is 0 Å². The summed E-state index contributed by atoms with van der Waals surface area (Å²) in [6.45, 7) is 7.25. The van der Waals surface area contributed by atoms with E-state index in [4.69, 9.17) is 0 Å². The zero-order valence-electron chi connectivity index (χ0n) is 27.5. The number of rotatable bonds is 34. The Morgan fingerprint density at radius 2 is 0.395 bits per heavy atom. The summed E-state index contributed by atoms with van der Waals surface area (Å²) < 4.78 is 0. The van der Waals surface area contributed by atoms with Crippen molar-refractivity contribution in [3.63, 3.8) is 0 Å². The molecule has 0 bridgehead atoms. The summed E-state index contributed by atoms with van der Waals surface area (Å²) in [7, 11) is 2.34. The van der Waals surface area contributed by atoms with Crippen molar-refractivity contribution in [2.75, 3.05) is 20.1 Å². The highest BCUT2D eigenvalue weighted by Crippen LogP contribution is 2.15. The number of unbranched alkanes of at least 4 members (excludes halogenated alkanes) is 30. The van der Waals surface area contributed by atoms with Crippen LogP contribution in [0.15, 0.2) is 0 Å². The second-order valence-electron chi connectivity index (χ2n) is 12.9. The van der Waals surface area contributed by atoms with Crippen LogP contribution in [0.4, 0.5) is 0 Å². The summed E-state index contributed by atoms with van der Waals surface area (Å²) in [5.74, 6) is 0. The minimum absolute atomic E-state index is 1.32. The molecule has 0 aromatic carbocycles. The number of nitrogens with zero attached hydrogens (tertiary/aromatic N) is 1. The maximum Gasteiger partial charge on any atom is -0.00218 e. The van der Waals surface area contributed by atoms with Crippen molar-refractivity contribution in [2.45, 2.75) is 219 Å². The molecule has 0 atom stereocenters. The third-order valence-corrected chi connectivity index (χ3v) is 8.79. The van der Waals surface area contributed by atoms with Crippen LogP contribution in [0.2, 0.25) is 0 Å². The van der Waals surface area contributed by atoms with Gasteiger partial charge in [0.1, 0.15) is 0 Å². The lowest BCUT2D eigenvalue weighted by Gasteiger charge is -2.16. The van der Waals surface area contributed by atoms with Crippen molar-refractivity contribution in [3.05, 3.63) is 0 Å². The molecule has 0 saturated carbocycles. The molecule has 0 saturated heterocycles. The molecule has 0 unspecified atom stereocenters. The second kappa shape index (κ2) is 35.0. The van der Waals surface area contributed by atoms with E-state index in [1.807, 2.05) is 0 Å². The van der Waals surface area contributed by atoms with Gasteiger partial charge in [0.2, 0.25) is 0 Å². The molecule has 0 aliphatic heterocycles. The molecule has 38 heavy (non-hydrogen) atoms. The average Bonchev–Trinajstić information content (AvgIpc) is 2.92. The molecule has 0 fully saturated rings. The monoisotopic (exact) mass is 536 g/mol. The van der Waals surface area contributed by atoms with Crippen LogP contribution < -0.4 is 0 Å². The Balaban J connectivity index is 3.12. The quantitative estimate of drug-likeness (QED) is 0.0740. The third-order valence-electron chi connectivity index (χ3n) is 8.79. The molecule has 1 nitrogen and oxygen atoms in total. The van der Waals surface area contributed by atoms with Gasteiger partial charge in [0.25, 0.3) is 0 Å². The van der Waals surface area contributed by atoms with Gasteiger partial charge in [-0.05, 0) is 33.0 Å². The molecular formula is C37H77N. The fourth-order valence-corrected chi connectivity index (χ4v) is 5.97. The maximum absolute atomic E-state index is 2.59. The summed E-state index contributed by atoms with van der Waals surface area (Å²) in [6.07, 6.45) is 46.8. The Morgan fingerprint density at radius 1 is 0.237 bits per heavy atom. The van der Waals surface area contributed by atoms with E-state index < -0.39 is 0 Å². The predicted molar refractivity (Wildman–Crippen MR) is 177 cm³/mol. The van der Waals surface area contributed by atoms with E-state index in [9.17, 15) is 0 Å². The van der Waals surface area contributed by atoms with Crippen LogP contribution in [0.25, 0.3) is 0 Å². The largest absolute Gasteiger partial charge is 0.306 e. The van der Waals surface area contributed by atoms with Crippen LogP contribution in [-0.2, 0) is 0 Å². The van der Waals surface area contributed by atoms with Gasteiger partial charge in [0.15, 0.2) is 0 Å². The lowest BCUT2D eigenvalue weighted by Crippen LogP contribution is -2.20. The molecule has 0 amide bonds. The van der Waals surface area contributed by atoms with Gasteiger partial charge in [-0.1, -0.05) is 206 Å². The van der Waals surface area contributed by atoms with E-state index in [2.05, 4.69) is 25.8 Å². The zero-order valence-corrected chi connectivity index (χ0v) is 27.5. The minimum Gasteiger partial charge on any atom is -0.306 e. The Hall–Kier alpha value is -0.0400. The van der Waals surface area contributed by atoms with E-state index in [0.29, 0.717) is 0 Å². The van der Waals surface area contributed by atoms with E-state index in [1.54, 1.807) is 0 Å². The van der Waals surface area contributed by atoms with Gasteiger partial charge in [-0.25, -0.2) is 0 Å². The number of hydrogen-bond acceptors (Lipinski definition) is 1. The molecule has 0 aromatic rings. The first-order valence-corrected chi connectivity index (χ1v) is 18.5. The van der Waals surface area contributed by atoms with Crippen LogP contribution >= 0.6 is 0 Å². The predicted octanol–water partition coefficient (Wildman–Crippen LogP) is 13.4. The molecule has 0 radical (unpaired) electrons. The van der Waals surface area contributed by atoms with E-state index in [-0.39, 0.29) is 0 Å². The lowest BCUT2D eigenvalue weighted by molar-refractivity contribution is 0.314. The van der Waals surface area contributed by atoms with Gasteiger partial charge >= 0.3 is 0 Å². The first-order valence-electron chi connectivity index (χ1n) is 18.5. The van der Waals surface area contributed by atoms with Crippen molar-refractivity contribution in [3.8, 4) is 0 Å². The van der Waals surface area contributed by atoms with Gasteiger partial charge in [0, 0.05) is 0 Å². The fourth-order valence-electron chi connectivity index (χ4n) is 5.97. The van der Waals surface area contributed by atoms with Crippen LogP contribution in [0.3, 0.4) is 0 Å². The SMILES string of the molecule is CCCCCCCCCCCCCCCCCCCCCCN(C)CCCCCCCCCCCCCC. The molecule has 1 heteroatoms. The normalized spacial score (nSPS) is 11.7.